The van der Waals surface area contributed by atoms with E-state index in [1.807, 2.05) is 54.6 Å². The summed E-state index contributed by atoms with van der Waals surface area (Å²) in [5, 5.41) is 12.2. The number of ether oxygens (including phenoxy) is 3. The minimum absolute atomic E-state index is 0.0755. The number of hydrogen-bond donors (Lipinski definition) is 1. The van der Waals surface area contributed by atoms with Crippen molar-refractivity contribution in [2.75, 3.05) is 0 Å². The third-order valence-electron chi connectivity index (χ3n) is 5.42. The van der Waals surface area contributed by atoms with Gasteiger partial charge in [-0.15, -0.1) is 0 Å². The van der Waals surface area contributed by atoms with Crippen molar-refractivity contribution in [3.05, 3.63) is 105 Å². The zero-order chi connectivity index (χ0) is 25.2. The number of carbonyl (C=O) groups is 1. The molecule has 8 heteroatoms. The van der Waals surface area contributed by atoms with E-state index in [-0.39, 0.29) is 19.8 Å². The summed E-state index contributed by atoms with van der Waals surface area (Å²) in [5.41, 5.74) is 2.19. The van der Waals surface area contributed by atoms with E-state index in [1.165, 1.54) is 0 Å². The van der Waals surface area contributed by atoms with E-state index in [0.717, 1.165) is 16.7 Å². The van der Waals surface area contributed by atoms with Gasteiger partial charge >= 0.3 is 0 Å². The second-order valence-corrected chi connectivity index (χ2v) is 9.20. The first-order valence-electron chi connectivity index (χ1n) is 11.1. The molecular formula is C27H27Cl3O5. The van der Waals surface area contributed by atoms with Crippen molar-refractivity contribution >= 4 is 41.1 Å². The van der Waals surface area contributed by atoms with Crippen molar-refractivity contribution in [1.82, 2.24) is 0 Å². The molecule has 0 saturated heterocycles. The van der Waals surface area contributed by atoms with Crippen LogP contribution in [0.15, 0.2) is 72.8 Å². The lowest BCUT2D eigenvalue weighted by Crippen LogP contribution is -2.48. The average molecular weight is 538 g/mol. The van der Waals surface area contributed by atoms with Crippen LogP contribution in [0.3, 0.4) is 0 Å². The number of aldehydes is 1. The van der Waals surface area contributed by atoms with Crippen LogP contribution in [-0.4, -0.2) is 35.8 Å². The summed E-state index contributed by atoms with van der Waals surface area (Å²) in [7, 11) is 0. The van der Waals surface area contributed by atoms with Crippen LogP contribution in [0, 0.1) is 0 Å². The van der Waals surface area contributed by atoms with E-state index in [0.29, 0.717) is 21.4 Å². The lowest BCUT2D eigenvalue weighted by Gasteiger charge is -2.33. The first-order chi connectivity index (χ1) is 16.9. The molecule has 0 heterocycles. The van der Waals surface area contributed by atoms with Gasteiger partial charge in [0.25, 0.3) is 0 Å². The van der Waals surface area contributed by atoms with E-state index in [1.54, 1.807) is 25.1 Å². The molecule has 4 atom stereocenters. The Kier molecular flexibility index (Phi) is 11.0. The van der Waals surface area contributed by atoms with E-state index in [2.05, 4.69) is 0 Å². The Labute approximate surface area is 220 Å². The minimum Gasteiger partial charge on any atom is -0.391 e. The number of aliphatic hydroxyl groups is 1. The molecule has 0 radical (unpaired) electrons. The molecule has 3 aromatic carbocycles. The van der Waals surface area contributed by atoms with Crippen molar-refractivity contribution in [1.29, 1.82) is 0 Å². The van der Waals surface area contributed by atoms with Crippen LogP contribution < -0.4 is 0 Å². The second kappa shape index (κ2) is 14.0. The first-order valence-corrected chi connectivity index (χ1v) is 12.2. The van der Waals surface area contributed by atoms with Gasteiger partial charge in [-0.25, -0.2) is 0 Å². The van der Waals surface area contributed by atoms with E-state index >= 15 is 0 Å². The number of rotatable bonds is 13. The summed E-state index contributed by atoms with van der Waals surface area (Å²) in [4.78, 5) is 12.2. The Morgan fingerprint density at radius 3 is 1.43 bits per heavy atom. The fraction of sp³-hybridized carbons (Fsp3) is 0.296. The van der Waals surface area contributed by atoms with Crippen molar-refractivity contribution in [3.63, 3.8) is 0 Å². The van der Waals surface area contributed by atoms with Gasteiger partial charge in [-0.1, -0.05) is 89.4 Å². The molecule has 0 aliphatic rings. The first kappa shape index (κ1) is 27.6. The van der Waals surface area contributed by atoms with E-state index in [4.69, 9.17) is 49.0 Å². The molecule has 0 amide bonds. The third kappa shape index (κ3) is 8.02. The molecule has 0 spiro atoms. The Morgan fingerprint density at radius 2 is 1.06 bits per heavy atom. The summed E-state index contributed by atoms with van der Waals surface area (Å²) in [6.45, 7) is 1.84. The number of hydrogen-bond acceptors (Lipinski definition) is 5. The highest BCUT2D eigenvalue weighted by atomic mass is 35.5. The second-order valence-electron chi connectivity index (χ2n) is 7.98. The van der Waals surface area contributed by atoms with Gasteiger partial charge in [0.05, 0.1) is 25.9 Å². The topological polar surface area (TPSA) is 65.0 Å². The highest BCUT2D eigenvalue weighted by Crippen LogP contribution is 2.24. The van der Waals surface area contributed by atoms with Gasteiger partial charge in [0.1, 0.15) is 18.3 Å². The zero-order valence-electron chi connectivity index (χ0n) is 19.2. The molecule has 0 aromatic heterocycles. The normalized spacial score (nSPS) is 14.8. The van der Waals surface area contributed by atoms with Crippen molar-refractivity contribution in [3.8, 4) is 0 Å². The molecule has 0 aliphatic carbocycles. The van der Waals surface area contributed by atoms with Crippen LogP contribution in [0.4, 0.5) is 0 Å². The predicted octanol–water partition coefficient (Wildman–Crippen LogP) is 6.28. The highest BCUT2D eigenvalue weighted by molar-refractivity contribution is 6.31. The highest BCUT2D eigenvalue weighted by Gasteiger charge is 2.35. The molecular weight excluding hydrogens is 511 g/mol. The molecule has 0 saturated carbocycles. The lowest BCUT2D eigenvalue weighted by atomic mass is 10.0. The Bertz CT molecular complexity index is 1090. The van der Waals surface area contributed by atoms with Crippen LogP contribution in [0.1, 0.15) is 23.6 Å². The van der Waals surface area contributed by atoms with Crippen LogP contribution in [0.25, 0.3) is 0 Å². The SMILES string of the molecule is CC(O)C(OCc1ccccc1Cl)C(OCc1ccccc1Cl)C(C=O)OCc1ccccc1Cl. The molecule has 1 N–H and O–H groups in total. The standard InChI is InChI=1S/C27H27Cl3O5/c1-18(32)26(34-16-20-9-3-6-12-23(20)29)27(35-17-21-10-4-7-13-24(21)30)25(14-31)33-15-19-8-2-5-11-22(19)28/h2-14,18,25-27,32H,15-17H2,1H3. The zero-order valence-corrected chi connectivity index (χ0v) is 21.4. The quantitative estimate of drug-likeness (QED) is 0.260. The predicted molar refractivity (Wildman–Crippen MR) is 138 cm³/mol. The summed E-state index contributed by atoms with van der Waals surface area (Å²) in [6.07, 6.45) is -3.26. The summed E-state index contributed by atoms with van der Waals surface area (Å²) >= 11 is 18.8. The van der Waals surface area contributed by atoms with Crippen molar-refractivity contribution in [2.45, 2.75) is 51.2 Å². The maximum Gasteiger partial charge on any atom is 0.151 e. The van der Waals surface area contributed by atoms with Crippen LogP contribution in [0.2, 0.25) is 15.1 Å². The van der Waals surface area contributed by atoms with E-state index < -0.39 is 24.4 Å². The molecule has 35 heavy (non-hydrogen) atoms. The molecule has 186 valence electrons. The van der Waals surface area contributed by atoms with E-state index in [9.17, 15) is 9.90 Å². The van der Waals surface area contributed by atoms with Gasteiger partial charge in [0, 0.05) is 15.1 Å². The van der Waals surface area contributed by atoms with Crippen LogP contribution in [0.5, 0.6) is 0 Å². The number of carbonyl (C=O) groups excluding carboxylic acids is 1. The molecule has 0 aliphatic heterocycles. The average Bonchev–Trinajstić information content (AvgIpc) is 2.85. The largest absolute Gasteiger partial charge is 0.391 e. The van der Waals surface area contributed by atoms with Crippen molar-refractivity contribution in [2.24, 2.45) is 0 Å². The monoisotopic (exact) mass is 536 g/mol. The Balaban J connectivity index is 1.82. The number of aliphatic hydroxyl groups excluding tert-OH is 1. The molecule has 3 rings (SSSR count). The number of benzene rings is 3. The molecule has 5 nitrogen and oxygen atoms in total. The Morgan fingerprint density at radius 1 is 0.686 bits per heavy atom. The molecule has 0 fully saturated rings. The molecule has 4 unspecified atom stereocenters. The maximum absolute atomic E-state index is 12.2. The van der Waals surface area contributed by atoms with Gasteiger partial charge in [0.2, 0.25) is 0 Å². The lowest BCUT2D eigenvalue weighted by molar-refractivity contribution is -0.176. The number of halogens is 3. The minimum atomic E-state index is -1.06. The summed E-state index contributed by atoms with van der Waals surface area (Å²) < 4.78 is 18.1. The van der Waals surface area contributed by atoms with Gasteiger partial charge in [0.15, 0.2) is 6.29 Å². The van der Waals surface area contributed by atoms with Gasteiger partial charge < -0.3 is 24.1 Å². The maximum atomic E-state index is 12.2. The van der Waals surface area contributed by atoms with Gasteiger partial charge in [-0.05, 0) is 41.8 Å². The fourth-order valence-electron chi connectivity index (χ4n) is 3.50. The molecule has 3 aromatic rings. The fourth-order valence-corrected chi connectivity index (χ4v) is 4.07. The van der Waals surface area contributed by atoms with Crippen LogP contribution in [-0.2, 0) is 38.8 Å². The summed E-state index contributed by atoms with van der Waals surface area (Å²) in [5.74, 6) is 0. The van der Waals surface area contributed by atoms with Gasteiger partial charge in [-0.2, -0.15) is 0 Å². The molecule has 0 bridgehead atoms. The van der Waals surface area contributed by atoms with Crippen molar-refractivity contribution < 1.29 is 24.1 Å². The smallest absolute Gasteiger partial charge is 0.151 e. The third-order valence-corrected chi connectivity index (χ3v) is 6.53. The Hall–Kier alpha value is -1.96. The van der Waals surface area contributed by atoms with Crippen LogP contribution >= 0.6 is 34.8 Å². The summed E-state index contributed by atoms with van der Waals surface area (Å²) in [6, 6.07) is 21.7. The van der Waals surface area contributed by atoms with Gasteiger partial charge in [-0.3, -0.25) is 0 Å².